The molecule has 0 aliphatic heterocycles. The zero-order valence-electron chi connectivity index (χ0n) is 11.6. The van der Waals surface area contributed by atoms with Crippen LogP contribution in [0, 0.1) is 6.92 Å². The summed E-state index contributed by atoms with van der Waals surface area (Å²) in [5.74, 6) is 1.72. The summed E-state index contributed by atoms with van der Waals surface area (Å²) in [5.41, 5.74) is 2.28. The summed E-state index contributed by atoms with van der Waals surface area (Å²) in [5, 5.41) is 6.63. The van der Waals surface area contributed by atoms with Crippen molar-refractivity contribution in [2.24, 2.45) is 0 Å². The van der Waals surface area contributed by atoms with Crippen LogP contribution in [0.3, 0.4) is 0 Å². The van der Waals surface area contributed by atoms with E-state index < -0.39 is 0 Å². The van der Waals surface area contributed by atoms with E-state index in [4.69, 9.17) is 17.0 Å². The first-order valence-electron chi connectivity index (χ1n) is 6.47. The Balaban J connectivity index is 1.98. The summed E-state index contributed by atoms with van der Waals surface area (Å²) in [6, 6.07) is 16.0. The summed E-state index contributed by atoms with van der Waals surface area (Å²) in [7, 11) is 1.80. The number of rotatable bonds is 4. The number of benzene rings is 2. The van der Waals surface area contributed by atoms with E-state index >= 15 is 0 Å². The number of nitrogens with one attached hydrogen (secondary N) is 2. The van der Waals surface area contributed by atoms with Crippen LogP contribution in [0.5, 0.6) is 11.5 Å². The first-order valence-corrected chi connectivity index (χ1v) is 6.88. The van der Waals surface area contributed by atoms with E-state index in [0.29, 0.717) is 11.7 Å². The molecule has 2 rings (SSSR count). The van der Waals surface area contributed by atoms with Crippen LogP contribution in [0.4, 0.5) is 0 Å². The van der Waals surface area contributed by atoms with E-state index in [2.05, 4.69) is 10.6 Å². The smallest absolute Gasteiger partial charge is 0.166 e. The molecule has 0 spiro atoms. The minimum atomic E-state index is 0.644. The highest BCUT2D eigenvalue weighted by Gasteiger charge is 2.01. The molecule has 4 heteroatoms. The Morgan fingerprint density at radius 3 is 2.45 bits per heavy atom. The van der Waals surface area contributed by atoms with Crippen LogP contribution in [-0.2, 0) is 6.54 Å². The maximum absolute atomic E-state index is 5.85. The minimum absolute atomic E-state index is 0.644. The number of aryl methyl sites for hydroxylation is 1. The second-order valence-electron chi connectivity index (χ2n) is 4.44. The number of para-hydroxylation sites is 1. The van der Waals surface area contributed by atoms with Gasteiger partial charge in [0.1, 0.15) is 11.5 Å². The Hall–Kier alpha value is -2.07. The van der Waals surface area contributed by atoms with E-state index in [1.807, 2.05) is 55.5 Å². The van der Waals surface area contributed by atoms with Crippen molar-refractivity contribution in [3.8, 4) is 11.5 Å². The zero-order valence-corrected chi connectivity index (χ0v) is 12.5. The summed E-state index contributed by atoms with van der Waals surface area (Å²) >= 11 is 5.03. The van der Waals surface area contributed by atoms with E-state index in [0.717, 1.165) is 22.6 Å². The molecule has 0 aromatic heterocycles. The molecule has 2 aromatic carbocycles. The first kappa shape index (κ1) is 14.3. The number of hydrogen-bond donors (Lipinski definition) is 2. The molecule has 0 saturated heterocycles. The fraction of sp³-hybridized carbons (Fsp3) is 0.188. The van der Waals surface area contributed by atoms with Gasteiger partial charge < -0.3 is 15.4 Å². The minimum Gasteiger partial charge on any atom is -0.457 e. The lowest BCUT2D eigenvalue weighted by Gasteiger charge is -2.10. The molecule has 3 nitrogen and oxygen atoms in total. The highest BCUT2D eigenvalue weighted by Crippen LogP contribution is 2.24. The highest BCUT2D eigenvalue weighted by atomic mass is 32.1. The van der Waals surface area contributed by atoms with Crippen LogP contribution in [0.2, 0.25) is 0 Å². The van der Waals surface area contributed by atoms with E-state index in [-0.39, 0.29) is 0 Å². The topological polar surface area (TPSA) is 33.3 Å². The monoisotopic (exact) mass is 286 g/mol. The van der Waals surface area contributed by atoms with Crippen molar-refractivity contribution >= 4 is 17.3 Å². The van der Waals surface area contributed by atoms with Crippen LogP contribution >= 0.6 is 12.2 Å². The maximum atomic E-state index is 5.85. The molecule has 0 unspecified atom stereocenters. The Morgan fingerprint density at radius 2 is 1.80 bits per heavy atom. The van der Waals surface area contributed by atoms with Gasteiger partial charge in [-0.15, -0.1) is 0 Å². The van der Waals surface area contributed by atoms with Gasteiger partial charge in [0, 0.05) is 13.6 Å². The van der Waals surface area contributed by atoms with Crippen LogP contribution in [-0.4, -0.2) is 12.2 Å². The molecule has 2 aromatic rings. The van der Waals surface area contributed by atoms with Crippen LogP contribution in [0.25, 0.3) is 0 Å². The van der Waals surface area contributed by atoms with Gasteiger partial charge in [0.2, 0.25) is 0 Å². The zero-order chi connectivity index (χ0) is 14.4. The van der Waals surface area contributed by atoms with E-state index in [1.54, 1.807) is 7.05 Å². The number of hydrogen-bond acceptors (Lipinski definition) is 2. The van der Waals surface area contributed by atoms with Crippen LogP contribution in [0.15, 0.2) is 48.5 Å². The van der Waals surface area contributed by atoms with Gasteiger partial charge in [0.05, 0.1) is 0 Å². The van der Waals surface area contributed by atoms with Crippen molar-refractivity contribution in [1.29, 1.82) is 0 Å². The Morgan fingerprint density at radius 1 is 1.10 bits per heavy atom. The number of ether oxygens (including phenoxy) is 1. The van der Waals surface area contributed by atoms with Crippen molar-refractivity contribution < 1.29 is 4.74 Å². The third-order valence-corrected chi connectivity index (χ3v) is 3.27. The quantitative estimate of drug-likeness (QED) is 0.844. The lowest BCUT2D eigenvalue weighted by atomic mass is 10.2. The molecule has 0 aliphatic rings. The van der Waals surface area contributed by atoms with Crippen molar-refractivity contribution in [3.05, 3.63) is 59.7 Å². The van der Waals surface area contributed by atoms with Gasteiger partial charge in [-0.2, -0.15) is 0 Å². The average molecular weight is 286 g/mol. The largest absolute Gasteiger partial charge is 0.457 e. The second-order valence-corrected chi connectivity index (χ2v) is 4.85. The van der Waals surface area contributed by atoms with Gasteiger partial charge in [0.25, 0.3) is 0 Å². The Kier molecular flexibility index (Phi) is 4.96. The van der Waals surface area contributed by atoms with Gasteiger partial charge >= 0.3 is 0 Å². The van der Waals surface area contributed by atoms with E-state index in [1.165, 1.54) is 0 Å². The average Bonchev–Trinajstić information content (AvgIpc) is 2.48. The predicted octanol–water partition coefficient (Wildman–Crippen LogP) is 3.38. The Bertz CT molecular complexity index is 581. The molecule has 0 radical (unpaired) electrons. The molecule has 0 aliphatic carbocycles. The first-order chi connectivity index (χ1) is 9.69. The second kappa shape index (κ2) is 6.91. The molecular weight excluding hydrogens is 268 g/mol. The van der Waals surface area contributed by atoms with Gasteiger partial charge in [-0.05, 0) is 48.5 Å². The molecule has 0 saturated carbocycles. The van der Waals surface area contributed by atoms with Crippen molar-refractivity contribution in [1.82, 2.24) is 10.6 Å². The van der Waals surface area contributed by atoms with Gasteiger partial charge in [-0.3, -0.25) is 0 Å². The van der Waals surface area contributed by atoms with Gasteiger partial charge in [-0.1, -0.05) is 30.3 Å². The van der Waals surface area contributed by atoms with Gasteiger partial charge in [0.15, 0.2) is 5.11 Å². The molecule has 0 bridgehead atoms. The summed E-state index contributed by atoms with van der Waals surface area (Å²) in [6.45, 7) is 2.73. The predicted molar refractivity (Wildman–Crippen MR) is 86.2 cm³/mol. The summed E-state index contributed by atoms with van der Waals surface area (Å²) in [6.07, 6.45) is 0. The fourth-order valence-corrected chi connectivity index (χ4v) is 1.82. The molecule has 0 amide bonds. The lowest BCUT2D eigenvalue weighted by Crippen LogP contribution is -2.31. The molecule has 0 atom stereocenters. The summed E-state index contributed by atoms with van der Waals surface area (Å²) in [4.78, 5) is 0. The standard InChI is InChI=1S/C16H18N2OS/c1-12-5-3-4-6-15(12)19-14-9-7-13(8-10-14)11-18-16(20)17-2/h3-10H,11H2,1-2H3,(H2,17,18,20). The van der Waals surface area contributed by atoms with E-state index in [9.17, 15) is 0 Å². The fourth-order valence-electron chi connectivity index (χ4n) is 1.74. The highest BCUT2D eigenvalue weighted by molar-refractivity contribution is 7.80. The third-order valence-electron chi connectivity index (χ3n) is 2.92. The Labute approximate surface area is 125 Å². The van der Waals surface area contributed by atoms with Gasteiger partial charge in [-0.25, -0.2) is 0 Å². The van der Waals surface area contributed by atoms with Crippen molar-refractivity contribution in [3.63, 3.8) is 0 Å². The third kappa shape index (κ3) is 3.96. The SMILES string of the molecule is CNC(=S)NCc1ccc(Oc2ccccc2C)cc1. The number of thiocarbonyl (C=S) groups is 1. The molecule has 20 heavy (non-hydrogen) atoms. The van der Waals surface area contributed by atoms with Crippen LogP contribution in [0.1, 0.15) is 11.1 Å². The van der Waals surface area contributed by atoms with Crippen molar-refractivity contribution in [2.45, 2.75) is 13.5 Å². The lowest BCUT2D eigenvalue weighted by molar-refractivity contribution is 0.478. The molecule has 0 fully saturated rings. The molecule has 2 N–H and O–H groups in total. The van der Waals surface area contributed by atoms with Crippen LogP contribution < -0.4 is 15.4 Å². The molecule has 0 heterocycles. The summed E-state index contributed by atoms with van der Waals surface area (Å²) < 4.78 is 5.85. The molecular formula is C16H18N2OS. The maximum Gasteiger partial charge on any atom is 0.166 e. The molecule has 104 valence electrons. The normalized spacial score (nSPS) is 9.90. The van der Waals surface area contributed by atoms with Crippen molar-refractivity contribution in [2.75, 3.05) is 7.05 Å².